The number of aromatic nitrogens is 1. The second-order valence-electron chi connectivity index (χ2n) is 6.70. The molecule has 5 nitrogen and oxygen atoms in total. The number of benzene rings is 1. The Morgan fingerprint density at radius 1 is 1.15 bits per heavy atom. The number of likely N-dealkylation sites (tertiary alicyclic amines) is 1. The molecule has 1 N–H and O–H groups in total. The SMILES string of the molecule is CCc1cccc(C)c1NC(=O)c1ccnc(C(=O)N2CCCCC2)c1. The summed E-state index contributed by atoms with van der Waals surface area (Å²) < 4.78 is 0. The number of aryl methyl sites for hydroxylation is 2. The largest absolute Gasteiger partial charge is 0.337 e. The van der Waals surface area contributed by atoms with Crippen molar-refractivity contribution in [2.45, 2.75) is 39.5 Å². The number of carbonyl (C=O) groups is 2. The number of piperidine rings is 1. The number of para-hydroxylation sites is 1. The van der Waals surface area contributed by atoms with Crippen LogP contribution in [0, 0.1) is 6.92 Å². The number of hydrogen-bond donors (Lipinski definition) is 1. The summed E-state index contributed by atoms with van der Waals surface area (Å²) in [6.45, 7) is 5.57. The average molecular weight is 351 g/mol. The minimum absolute atomic E-state index is 0.0931. The molecule has 0 saturated carbocycles. The maximum atomic E-state index is 12.7. The van der Waals surface area contributed by atoms with Gasteiger partial charge in [-0.25, -0.2) is 0 Å². The van der Waals surface area contributed by atoms with Gasteiger partial charge in [0.25, 0.3) is 11.8 Å². The zero-order valence-corrected chi connectivity index (χ0v) is 15.4. The van der Waals surface area contributed by atoms with Gasteiger partial charge in [-0.1, -0.05) is 25.1 Å². The van der Waals surface area contributed by atoms with Crippen molar-refractivity contribution in [3.8, 4) is 0 Å². The van der Waals surface area contributed by atoms with Crippen LogP contribution in [0.25, 0.3) is 0 Å². The number of pyridine rings is 1. The van der Waals surface area contributed by atoms with E-state index < -0.39 is 0 Å². The molecule has 3 rings (SSSR count). The zero-order valence-electron chi connectivity index (χ0n) is 15.4. The van der Waals surface area contributed by atoms with Crippen molar-refractivity contribution in [2.75, 3.05) is 18.4 Å². The summed E-state index contributed by atoms with van der Waals surface area (Å²) in [5.41, 5.74) is 3.75. The fourth-order valence-corrected chi connectivity index (χ4v) is 3.34. The monoisotopic (exact) mass is 351 g/mol. The highest BCUT2D eigenvalue weighted by molar-refractivity contribution is 6.06. The summed E-state index contributed by atoms with van der Waals surface area (Å²) >= 11 is 0. The molecule has 26 heavy (non-hydrogen) atoms. The van der Waals surface area contributed by atoms with Gasteiger partial charge in [0.2, 0.25) is 0 Å². The molecule has 1 fully saturated rings. The van der Waals surface area contributed by atoms with E-state index in [1.165, 1.54) is 6.20 Å². The topological polar surface area (TPSA) is 62.3 Å². The van der Waals surface area contributed by atoms with E-state index in [2.05, 4.69) is 17.2 Å². The minimum Gasteiger partial charge on any atom is -0.337 e. The summed E-state index contributed by atoms with van der Waals surface area (Å²) in [5.74, 6) is -0.311. The number of nitrogens with zero attached hydrogens (tertiary/aromatic N) is 2. The van der Waals surface area contributed by atoms with Gasteiger partial charge in [-0.3, -0.25) is 14.6 Å². The Labute approximate surface area is 154 Å². The Morgan fingerprint density at radius 3 is 2.65 bits per heavy atom. The molecule has 5 heteroatoms. The van der Waals surface area contributed by atoms with Crippen LogP contribution in [0.2, 0.25) is 0 Å². The van der Waals surface area contributed by atoms with Gasteiger partial charge in [-0.15, -0.1) is 0 Å². The lowest BCUT2D eigenvalue weighted by Gasteiger charge is -2.26. The summed E-state index contributed by atoms with van der Waals surface area (Å²) in [6, 6.07) is 9.22. The maximum Gasteiger partial charge on any atom is 0.272 e. The van der Waals surface area contributed by atoms with Crippen molar-refractivity contribution in [1.29, 1.82) is 0 Å². The third-order valence-electron chi connectivity index (χ3n) is 4.86. The van der Waals surface area contributed by atoms with Gasteiger partial charge in [0.1, 0.15) is 5.69 Å². The minimum atomic E-state index is -0.218. The van der Waals surface area contributed by atoms with Crippen molar-refractivity contribution in [2.24, 2.45) is 0 Å². The molecule has 1 aromatic heterocycles. The van der Waals surface area contributed by atoms with Crippen LogP contribution in [0.1, 0.15) is 58.2 Å². The van der Waals surface area contributed by atoms with Gasteiger partial charge in [-0.05, 0) is 55.9 Å². The van der Waals surface area contributed by atoms with Crippen molar-refractivity contribution in [3.63, 3.8) is 0 Å². The van der Waals surface area contributed by atoms with Gasteiger partial charge in [0, 0.05) is 30.5 Å². The van der Waals surface area contributed by atoms with Crippen LogP contribution in [0.4, 0.5) is 5.69 Å². The van der Waals surface area contributed by atoms with Gasteiger partial charge in [-0.2, -0.15) is 0 Å². The standard InChI is InChI=1S/C21H25N3O2/c1-3-16-9-7-8-15(2)19(16)23-20(25)17-10-11-22-18(14-17)21(26)24-12-5-4-6-13-24/h7-11,14H,3-6,12-13H2,1-2H3,(H,23,25). The number of hydrogen-bond acceptors (Lipinski definition) is 3. The van der Waals surface area contributed by atoms with E-state index >= 15 is 0 Å². The van der Waals surface area contributed by atoms with Crippen LogP contribution >= 0.6 is 0 Å². The van der Waals surface area contributed by atoms with Crippen LogP contribution in [0.5, 0.6) is 0 Å². The molecular formula is C21H25N3O2. The molecule has 2 heterocycles. The Morgan fingerprint density at radius 2 is 1.92 bits per heavy atom. The van der Waals surface area contributed by atoms with Gasteiger partial charge < -0.3 is 10.2 Å². The van der Waals surface area contributed by atoms with Crippen LogP contribution < -0.4 is 5.32 Å². The Bertz CT molecular complexity index is 811. The molecule has 2 aromatic rings. The van der Waals surface area contributed by atoms with Gasteiger partial charge in [0.15, 0.2) is 0 Å². The molecule has 136 valence electrons. The molecule has 1 aliphatic heterocycles. The Hall–Kier alpha value is -2.69. The van der Waals surface area contributed by atoms with E-state index in [1.54, 1.807) is 12.1 Å². The molecule has 0 aliphatic carbocycles. The Balaban J connectivity index is 1.79. The van der Waals surface area contributed by atoms with Crippen molar-refractivity contribution >= 4 is 17.5 Å². The van der Waals surface area contributed by atoms with Crippen LogP contribution in [0.15, 0.2) is 36.5 Å². The molecule has 0 spiro atoms. The molecule has 0 radical (unpaired) electrons. The van der Waals surface area contributed by atoms with Crippen LogP contribution in [-0.4, -0.2) is 34.8 Å². The van der Waals surface area contributed by atoms with E-state index in [0.29, 0.717) is 11.3 Å². The van der Waals surface area contributed by atoms with E-state index in [9.17, 15) is 9.59 Å². The molecule has 0 unspecified atom stereocenters. The smallest absolute Gasteiger partial charge is 0.272 e. The first kappa shape index (κ1) is 18.1. The molecule has 0 bridgehead atoms. The van der Waals surface area contributed by atoms with E-state index in [1.807, 2.05) is 30.0 Å². The summed E-state index contributed by atoms with van der Waals surface area (Å²) in [7, 11) is 0. The van der Waals surface area contributed by atoms with Crippen molar-refractivity contribution < 1.29 is 9.59 Å². The fourth-order valence-electron chi connectivity index (χ4n) is 3.34. The first-order chi connectivity index (χ1) is 12.6. The zero-order chi connectivity index (χ0) is 18.5. The normalized spacial score (nSPS) is 14.2. The Kier molecular flexibility index (Phi) is 5.66. The predicted molar refractivity (Wildman–Crippen MR) is 103 cm³/mol. The second kappa shape index (κ2) is 8.13. The fraction of sp³-hybridized carbons (Fsp3) is 0.381. The molecule has 0 atom stereocenters. The highest BCUT2D eigenvalue weighted by Crippen LogP contribution is 2.22. The number of nitrogens with one attached hydrogen (secondary N) is 1. The number of amides is 2. The number of anilines is 1. The number of carbonyl (C=O) groups excluding carboxylic acids is 2. The summed E-state index contributed by atoms with van der Waals surface area (Å²) in [6.07, 6.45) is 5.59. The van der Waals surface area contributed by atoms with E-state index in [0.717, 1.165) is 55.6 Å². The maximum absolute atomic E-state index is 12.7. The van der Waals surface area contributed by atoms with Crippen molar-refractivity contribution in [1.82, 2.24) is 9.88 Å². The molecule has 2 amide bonds. The first-order valence-electron chi connectivity index (χ1n) is 9.25. The van der Waals surface area contributed by atoms with Gasteiger partial charge >= 0.3 is 0 Å². The summed E-state index contributed by atoms with van der Waals surface area (Å²) in [5, 5.41) is 3.00. The highest BCUT2D eigenvalue weighted by Gasteiger charge is 2.20. The average Bonchev–Trinajstić information content (AvgIpc) is 2.69. The third kappa shape index (κ3) is 3.93. The third-order valence-corrected chi connectivity index (χ3v) is 4.86. The van der Waals surface area contributed by atoms with Crippen LogP contribution in [0.3, 0.4) is 0 Å². The summed E-state index contributed by atoms with van der Waals surface area (Å²) in [4.78, 5) is 31.3. The van der Waals surface area contributed by atoms with Crippen LogP contribution in [-0.2, 0) is 6.42 Å². The van der Waals surface area contributed by atoms with E-state index in [4.69, 9.17) is 0 Å². The first-order valence-corrected chi connectivity index (χ1v) is 9.25. The lowest BCUT2D eigenvalue weighted by Crippen LogP contribution is -2.36. The molecular weight excluding hydrogens is 326 g/mol. The second-order valence-corrected chi connectivity index (χ2v) is 6.70. The van der Waals surface area contributed by atoms with Crippen molar-refractivity contribution in [3.05, 3.63) is 58.9 Å². The lowest BCUT2D eigenvalue weighted by molar-refractivity contribution is 0.0718. The predicted octanol–water partition coefficient (Wildman–Crippen LogP) is 3.83. The number of rotatable bonds is 4. The lowest BCUT2D eigenvalue weighted by atomic mass is 10.1. The quantitative estimate of drug-likeness (QED) is 0.910. The molecule has 1 aromatic carbocycles. The van der Waals surface area contributed by atoms with E-state index in [-0.39, 0.29) is 11.8 Å². The highest BCUT2D eigenvalue weighted by atomic mass is 16.2. The molecule has 1 saturated heterocycles. The van der Waals surface area contributed by atoms with Gasteiger partial charge in [0.05, 0.1) is 0 Å². The molecule has 1 aliphatic rings.